The standard InChI is InChI=1S/C40H38N4O/c1-38(2,3)27-16-18-33-34-19-17-28(39(4,5)6)25-36(34)40(35(33)24-27,37-15-7-8-20-41-37)29-11-9-13-31(23-29)45-32-14-10-12-30(26-32)44-42-21-22-43-44/h7-26H,1-6H3. The normalized spacial score (nSPS) is 13.7. The van der Waals surface area contributed by atoms with Crippen LogP contribution in [0.5, 0.6) is 11.5 Å². The van der Waals surface area contributed by atoms with Crippen molar-refractivity contribution in [3.63, 3.8) is 0 Å². The zero-order chi connectivity index (χ0) is 31.4. The van der Waals surface area contributed by atoms with Crippen molar-refractivity contribution in [1.82, 2.24) is 20.0 Å². The Bertz CT molecular complexity index is 1930. The molecule has 0 radical (unpaired) electrons. The van der Waals surface area contributed by atoms with Crippen molar-refractivity contribution in [2.45, 2.75) is 57.8 Å². The Morgan fingerprint density at radius 1 is 0.578 bits per heavy atom. The number of benzene rings is 4. The van der Waals surface area contributed by atoms with Gasteiger partial charge in [-0.25, -0.2) is 0 Å². The number of hydrogen-bond acceptors (Lipinski definition) is 4. The van der Waals surface area contributed by atoms with E-state index in [0.29, 0.717) is 5.75 Å². The zero-order valence-corrected chi connectivity index (χ0v) is 26.7. The van der Waals surface area contributed by atoms with Gasteiger partial charge < -0.3 is 4.74 Å². The summed E-state index contributed by atoms with van der Waals surface area (Å²) in [6.45, 7) is 13.7. The molecule has 224 valence electrons. The summed E-state index contributed by atoms with van der Waals surface area (Å²) >= 11 is 0. The van der Waals surface area contributed by atoms with Crippen LogP contribution >= 0.6 is 0 Å². The van der Waals surface area contributed by atoms with Crippen LogP contribution < -0.4 is 4.74 Å². The Kier molecular flexibility index (Phi) is 6.74. The molecule has 0 spiro atoms. The van der Waals surface area contributed by atoms with Crippen LogP contribution in [0.15, 0.2) is 122 Å². The molecule has 7 rings (SSSR count). The average Bonchev–Trinajstić information content (AvgIpc) is 3.66. The van der Waals surface area contributed by atoms with Gasteiger partial charge in [0.2, 0.25) is 0 Å². The summed E-state index contributed by atoms with van der Waals surface area (Å²) in [4.78, 5) is 6.68. The predicted octanol–water partition coefficient (Wildman–Crippen LogP) is 9.41. The largest absolute Gasteiger partial charge is 0.457 e. The van der Waals surface area contributed by atoms with Gasteiger partial charge in [-0.2, -0.15) is 15.0 Å². The third-order valence-corrected chi connectivity index (χ3v) is 8.89. The van der Waals surface area contributed by atoms with Crippen molar-refractivity contribution >= 4 is 0 Å². The van der Waals surface area contributed by atoms with Gasteiger partial charge in [-0.3, -0.25) is 4.98 Å². The van der Waals surface area contributed by atoms with Gasteiger partial charge in [-0.15, -0.1) is 0 Å². The predicted molar refractivity (Wildman–Crippen MR) is 180 cm³/mol. The van der Waals surface area contributed by atoms with E-state index in [9.17, 15) is 0 Å². The molecule has 0 aliphatic heterocycles. The van der Waals surface area contributed by atoms with Crippen LogP contribution in [-0.4, -0.2) is 20.0 Å². The second-order valence-corrected chi connectivity index (χ2v) is 13.9. The molecule has 0 saturated carbocycles. The van der Waals surface area contributed by atoms with Gasteiger partial charge >= 0.3 is 0 Å². The van der Waals surface area contributed by atoms with Gasteiger partial charge in [-0.1, -0.05) is 102 Å². The molecule has 2 aromatic heterocycles. The minimum Gasteiger partial charge on any atom is -0.457 e. The smallest absolute Gasteiger partial charge is 0.129 e. The van der Waals surface area contributed by atoms with Crippen LogP contribution in [0.1, 0.15) is 75.1 Å². The summed E-state index contributed by atoms with van der Waals surface area (Å²) in [5.41, 5.74) is 9.83. The molecule has 0 saturated heterocycles. The van der Waals surface area contributed by atoms with Gasteiger partial charge in [0.05, 0.1) is 29.2 Å². The molecule has 0 atom stereocenters. The number of pyridine rings is 1. The maximum Gasteiger partial charge on any atom is 0.129 e. The molecule has 45 heavy (non-hydrogen) atoms. The zero-order valence-electron chi connectivity index (χ0n) is 26.7. The van der Waals surface area contributed by atoms with Gasteiger partial charge in [0, 0.05) is 12.3 Å². The second-order valence-electron chi connectivity index (χ2n) is 13.9. The number of hydrogen-bond donors (Lipinski definition) is 0. The molecule has 0 bridgehead atoms. The Morgan fingerprint density at radius 2 is 1.18 bits per heavy atom. The van der Waals surface area contributed by atoms with Crippen LogP contribution in [0.25, 0.3) is 16.8 Å². The Hall–Kier alpha value is -5.03. The first kappa shape index (κ1) is 28.7. The molecule has 1 aliphatic carbocycles. The van der Waals surface area contributed by atoms with Crippen LogP contribution in [0, 0.1) is 0 Å². The molecule has 6 aromatic rings. The number of ether oxygens (including phenoxy) is 1. The first-order chi connectivity index (χ1) is 21.5. The first-order valence-corrected chi connectivity index (χ1v) is 15.5. The highest BCUT2D eigenvalue weighted by molar-refractivity contribution is 5.86. The van der Waals surface area contributed by atoms with E-state index in [1.807, 2.05) is 42.6 Å². The van der Waals surface area contributed by atoms with E-state index >= 15 is 0 Å². The summed E-state index contributed by atoms with van der Waals surface area (Å²) in [6.07, 6.45) is 5.24. The number of rotatable bonds is 5. The summed E-state index contributed by atoms with van der Waals surface area (Å²) in [7, 11) is 0. The molecule has 0 amide bonds. The quantitative estimate of drug-likeness (QED) is 0.200. The topological polar surface area (TPSA) is 52.8 Å². The Balaban J connectivity index is 1.47. The van der Waals surface area contributed by atoms with E-state index in [1.165, 1.54) is 33.4 Å². The summed E-state index contributed by atoms with van der Waals surface area (Å²) in [6, 6.07) is 36.6. The van der Waals surface area contributed by atoms with Gasteiger partial charge in [0.1, 0.15) is 11.5 Å². The van der Waals surface area contributed by atoms with E-state index < -0.39 is 5.41 Å². The molecule has 0 N–H and O–H groups in total. The number of fused-ring (bicyclic) bond motifs is 3. The molecule has 1 aliphatic rings. The molecule has 0 unspecified atom stereocenters. The SMILES string of the molecule is CC(C)(C)c1ccc2c(c1)C(c1cccc(Oc3cccc(-n4nccn4)c3)c1)(c1ccccn1)c1cc(C(C)(C)C)ccc1-2. The Morgan fingerprint density at radius 3 is 1.76 bits per heavy atom. The lowest BCUT2D eigenvalue weighted by atomic mass is 9.68. The van der Waals surface area contributed by atoms with Crippen molar-refractivity contribution in [2.24, 2.45) is 0 Å². The van der Waals surface area contributed by atoms with Crippen molar-refractivity contribution in [1.29, 1.82) is 0 Å². The van der Waals surface area contributed by atoms with Crippen LogP contribution in [-0.2, 0) is 16.2 Å². The minimum atomic E-state index is -0.644. The van der Waals surface area contributed by atoms with E-state index in [-0.39, 0.29) is 10.8 Å². The first-order valence-electron chi connectivity index (χ1n) is 15.5. The lowest BCUT2D eigenvalue weighted by Gasteiger charge is -2.34. The van der Waals surface area contributed by atoms with Crippen molar-refractivity contribution < 1.29 is 4.74 Å². The maximum absolute atomic E-state index is 6.54. The second kappa shape index (κ2) is 10.6. The van der Waals surface area contributed by atoms with Crippen LogP contribution in [0.4, 0.5) is 0 Å². The third kappa shape index (κ3) is 4.93. The average molecular weight is 591 g/mol. The highest BCUT2D eigenvalue weighted by Crippen LogP contribution is 2.57. The molecule has 5 nitrogen and oxygen atoms in total. The number of nitrogens with zero attached hydrogens (tertiary/aromatic N) is 4. The van der Waals surface area contributed by atoms with E-state index in [0.717, 1.165) is 22.7 Å². The summed E-state index contributed by atoms with van der Waals surface area (Å²) in [5, 5.41) is 8.56. The summed E-state index contributed by atoms with van der Waals surface area (Å²) in [5.74, 6) is 1.47. The number of aromatic nitrogens is 4. The minimum absolute atomic E-state index is 0.0182. The molecular weight excluding hydrogens is 552 g/mol. The molecule has 2 heterocycles. The van der Waals surface area contributed by atoms with E-state index in [4.69, 9.17) is 9.72 Å². The molecule has 4 aromatic carbocycles. The van der Waals surface area contributed by atoms with Gasteiger partial charge in [-0.05, 0) is 86.2 Å². The third-order valence-electron chi connectivity index (χ3n) is 8.89. The fourth-order valence-corrected chi connectivity index (χ4v) is 6.53. The van der Waals surface area contributed by atoms with Gasteiger partial charge in [0.25, 0.3) is 0 Å². The lowest BCUT2D eigenvalue weighted by molar-refractivity contribution is 0.480. The molecular formula is C40H38N4O. The Labute approximate surface area is 265 Å². The fraction of sp³-hybridized carbons (Fsp3) is 0.225. The highest BCUT2D eigenvalue weighted by Gasteiger charge is 2.48. The molecule has 5 heteroatoms. The highest BCUT2D eigenvalue weighted by atomic mass is 16.5. The van der Waals surface area contributed by atoms with Crippen molar-refractivity contribution in [3.05, 3.63) is 155 Å². The van der Waals surface area contributed by atoms with E-state index in [1.54, 1.807) is 17.2 Å². The monoisotopic (exact) mass is 590 g/mol. The van der Waals surface area contributed by atoms with Crippen molar-refractivity contribution in [3.8, 4) is 28.3 Å². The van der Waals surface area contributed by atoms with E-state index in [2.05, 4.69) is 118 Å². The fourth-order valence-electron chi connectivity index (χ4n) is 6.53. The van der Waals surface area contributed by atoms with Crippen LogP contribution in [0.3, 0.4) is 0 Å². The lowest BCUT2D eigenvalue weighted by Crippen LogP contribution is -2.30. The van der Waals surface area contributed by atoms with Gasteiger partial charge in [0.15, 0.2) is 0 Å². The van der Waals surface area contributed by atoms with Crippen molar-refractivity contribution in [2.75, 3.05) is 0 Å². The van der Waals surface area contributed by atoms with Crippen LogP contribution in [0.2, 0.25) is 0 Å². The molecule has 0 fully saturated rings. The summed E-state index contributed by atoms with van der Waals surface area (Å²) < 4.78 is 6.54. The maximum atomic E-state index is 6.54.